The summed E-state index contributed by atoms with van der Waals surface area (Å²) in [7, 11) is -2.10. The van der Waals surface area contributed by atoms with Crippen molar-refractivity contribution in [3.05, 3.63) is 35.2 Å². The van der Waals surface area contributed by atoms with Crippen LogP contribution in [0, 0.1) is 0 Å². The zero-order chi connectivity index (χ0) is 15.7. The summed E-state index contributed by atoms with van der Waals surface area (Å²) in [5.74, 6) is 1.37. The Bertz CT molecular complexity index is 804. The van der Waals surface area contributed by atoms with Crippen LogP contribution in [0.3, 0.4) is 0 Å². The first-order valence-corrected chi connectivity index (χ1v) is 8.38. The van der Waals surface area contributed by atoms with E-state index in [0.717, 1.165) is 5.56 Å². The highest BCUT2D eigenvalue weighted by Crippen LogP contribution is 2.32. The lowest BCUT2D eigenvalue weighted by molar-refractivity contribution is 0.174. The van der Waals surface area contributed by atoms with Gasteiger partial charge in [-0.2, -0.15) is 0 Å². The maximum atomic E-state index is 12.1. The summed E-state index contributed by atoms with van der Waals surface area (Å²) in [5, 5.41) is -0.0852. The molecule has 1 aliphatic rings. The minimum atomic E-state index is -3.72. The number of benzene rings is 1. The Labute approximate surface area is 132 Å². The van der Waals surface area contributed by atoms with Crippen molar-refractivity contribution >= 4 is 21.6 Å². The number of hydrogen-bond donors (Lipinski definition) is 1. The van der Waals surface area contributed by atoms with Crippen molar-refractivity contribution in [3.8, 4) is 11.5 Å². The summed E-state index contributed by atoms with van der Waals surface area (Å²) in [6, 6.07) is 5.52. The van der Waals surface area contributed by atoms with Crippen LogP contribution in [0.5, 0.6) is 11.5 Å². The standard InChI is InChI=1S/C13H14ClN3O4S/c1-17-7-15-13(12(17)14)22(18,19)16-5-4-9-2-3-10-11(6-9)21-8-20-10/h2-3,6-7,16H,4-5,8H2,1H3. The van der Waals surface area contributed by atoms with E-state index in [2.05, 4.69) is 9.71 Å². The predicted molar refractivity (Wildman–Crippen MR) is 79.7 cm³/mol. The molecule has 0 unspecified atom stereocenters. The SMILES string of the molecule is Cn1cnc(S(=O)(=O)NCCc2ccc3c(c2)OCO3)c1Cl. The fourth-order valence-electron chi connectivity index (χ4n) is 2.07. The van der Waals surface area contributed by atoms with Gasteiger partial charge in [0.25, 0.3) is 10.0 Å². The third kappa shape index (κ3) is 2.90. The minimum absolute atomic E-state index is 0.0792. The maximum absolute atomic E-state index is 12.1. The highest BCUT2D eigenvalue weighted by Gasteiger charge is 2.22. The lowest BCUT2D eigenvalue weighted by Crippen LogP contribution is -2.26. The summed E-state index contributed by atoms with van der Waals surface area (Å²) < 4.78 is 38.7. The number of ether oxygens (including phenoxy) is 2. The molecule has 2 aromatic rings. The lowest BCUT2D eigenvalue weighted by Gasteiger charge is -2.06. The molecule has 118 valence electrons. The van der Waals surface area contributed by atoms with Gasteiger partial charge in [-0.05, 0) is 24.1 Å². The molecule has 1 N–H and O–H groups in total. The molecule has 0 bridgehead atoms. The quantitative estimate of drug-likeness (QED) is 0.885. The maximum Gasteiger partial charge on any atom is 0.261 e. The number of imidazole rings is 1. The fraction of sp³-hybridized carbons (Fsp3) is 0.308. The summed E-state index contributed by atoms with van der Waals surface area (Å²) >= 11 is 5.90. The van der Waals surface area contributed by atoms with Gasteiger partial charge in [0.1, 0.15) is 5.15 Å². The molecule has 0 spiro atoms. The van der Waals surface area contributed by atoms with E-state index in [4.69, 9.17) is 21.1 Å². The zero-order valence-corrected chi connectivity index (χ0v) is 13.3. The molecule has 1 aromatic heterocycles. The lowest BCUT2D eigenvalue weighted by atomic mass is 10.1. The predicted octanol–water partition coefficient (Wildman–Crippen LogP) is 1.32. The van der Waals surface area contributed by atoms with Gasteiger partial charge in [-0.3, -0.25) is 0 Å². The molecule has 0 fully saturated rings. The van der Waals surface area contributed by atoms with Crippen LogP contribution in [0.2, 0.25) is 5.15 Å². The topological polar surface area (TPSA) is 82.5 Å². The second-order valence-corrected chi connectivity index (χ2v) is 6.83. The molecule has 1 aliphatic heterocycles. The molecule has 9 heteroatoms. The normalized spacial score (nSPS) is 13.5. The molecule has 0 saturated heterocycles. The van der Waals surface area contributed by atoms with Gasteiger partial charge in [0.15, 0.2) is 11.5 Å². The van der Waals surface area contributed by atoms with E-state index in [1.165, 1.54) is 10.9 Å². The number of halogens is 1. The van der Waals surface area contributed by atoms with Gasteiger partial charge >= 0.3 is 0 Å². The van der Waals surface area contributed by atoms with Gasteiger partial charge < -0.3 is 14.0 Å². The molecule has 0 atom stereocenters. The Morgan fingerprint density at radius 2 is 2.14 bits per heavy atom. The van der Waals surface area contributed by atoms with Crippen LogP contribution >= 0.6 is 11.6 Å². The number of aromatic nitrogens is 2. The number of sulfonamides is 1. The molecule has 7 nitrogen and oxygen atoms in total. The second kappa shape index (κ2) is 5.79. The number of rotatable bonds is 5. The van der Waals surface area contributed by atoms with Gasteiger partial charge in [-0.15, -0.1) is 0 Å². The van der Waals surface area contributed by atoms with Crippen LogP contribution in [-0.4, -0.2) is 31.3 Å². The third-order valence-electron chi connectivity index (χ3n) is 3.23. The number of aryl methyl sites for hydroxylation is 1. The van der Waals surface area contributed by atoms with E-state index in [0.29, 0.717) is 17.9 Å². The Morgan fingerprint density at radius 3 is 2.86 bits per heavy atom. The molecular formula is C13H14ClN3O4S. The van der Waals surface area contributed by atoms with Crippen molar-refractivity contribution in [2.45, 2.75) is 11.4 Å². The number of nitrogens with zero attached hydrogens (tertiary/aromatic N) is 2. The van der Waals surface area contributed by atoms with Gasteiger partial charge in [-0.1, -0.05) is 17.7 Å². The smallest absolute Gasteiger partial charge is 0.261 e. The average Bonchev–Trinajstić information content (AvgIpc) is 3.06. The van der Waals surface area contributed by atoms with Gasteiger partial charge in [0.2, 0.25) is 11.8 Å². The van der Waals surface area contributed by atoms with Crippen molar-refractivity contribution in [2.75, 3.05) is 13.3 Å². The fourth-order valence-corrected chi connectivity index (χ4v) is 3.52. The molecule has 22 heavy (non-hydrogen) atoms. The Hall–Kier alpha value is -1.77. The summed E-state index contributed by atoms with van der Waals surface area (Å²) in [6.07, 6.45) is 1.87. The molecule has 0 amide bonds. The number of hydrogen-bond acceptors (Lipinski definition) is 5. The van der Waals surface area contributed by atoms with Crippen molar-refractivity contribution in [1.82, 2.24) is 14.3 Å². The molecular weight excluding hydrogens is 330 g/mol. The van der Waals surface area contributed by atoms with Gasteiger partial charge in [0.05, 0.1) is 6.33 Å². The average molecular weight is 344 g/mol. The van der Waals surface area contributed by atoms with Crippen LogP contribution in [-0.2, 0) is 23.5 Å². The molecule has 0 saturated carbocycles. The van der Waals surface area contributed by atoms with E-state index in [1.54, 1.807) is 7.05 Å². The van der Waals surface area contributed by atoms with Crippen LogP contribution in [0.1, 0.15) is 5.56 Å². The van der Waals surface area contributed by atoms with E-state index < -0.39 is 10.0 Å². The van der Waals surface area contributed by atoms with E-state index in [-0.39, 0.29) is 23.5 Å². The first-order valence-electron chi connectivity index (χ1n) is 6.52. The van der Waals surface area contributed by atoms with Crippen LogP contribution in [0.25, 0.3) is 0 Å². The highest BCUT2D eigenvalue weighted by atomic mass is 35.5. The van der Waals surface area contributed by atoms with Crippen LogP contribution in [0.15, 0.2) is 29.6 Å². The molecule has 1 aromatic carbocycles. The Balaban J connectivity index is 1.64. The second-order valence-electron chi connectivity index (χ2n) is 4.79. The van der Waals surface area contributed by atoms with E-state index >= 15 is 0 Å². The third-order valence-corrected chi connectivity index (χ3v) is 5.18. The largest absolute Gasteiger partial charge is 0.454 e. The van der Waals surface area contributed by atoms with E-state index in [1.807, 2.05) is 18.2 Å². The van der Waals surface area contributed by atoms with Crippen LogP contribution < -0.4 is 14.2 Å². The Kier molecular flexibility index (Phi) is 3.98. The first-order chi connectivity index (χ1) is 10.5. The van der Waals surface area contributed by atoms with Crippen molar-refractivity contribution < 1.29 is 17.9 Å². The number of fused-ring (bicyclic) bond motifs is 1. The molecule has 2 heterocycles. The van der Waals surface area contributed by atoms with E-state index in [9.17, 15) is 8.42 Å². The molecule has 3 rings (SSSR count). The Morgan fingerprint density at radius 1 is 1.36 bits per heavy atom. The molecule has 0 radical (unpaired) electrons. The first kappa shape index (κ1) is 15.1. The summed E-state index contributed by atoms with van der Waals surface area (Å²) in [6.45, 7) is 0.443. The minimum Gasteiger partial charge on any atom is -0.454 e. The van der Waals surface area contributed by atoms with Crippen molar-refractivity contribution in [3.63, 3.8) is 0 Å². The van der Waals surface area contributed by atoms with Gasteiger partial charge in [0, 0.05) is 13.6 Å². The van der Waals surface area contributed by atoms with Crippen molar-refractivity contribution in [2.24, 2.45) is 7.05 Å². The van der Waals surface area contributed by atoms with Crippen molar-refractivity contribution in [1.29, 1.82) is 0 Å². The van der Waals surface area contributed by atoms with Crippen LogP contribution in [0.4, 0.5) is 0 Å². The summed E-state index contributed by atoms with van der Waals surface area (Å²) in [5.41, 5.74) is 0.944. The number of nitrogens with one attached hydrogen (secondary N) is 1. The molecule has 0 aliphatic carbocycles. The monoisotopic (exact) mass is 343 g/mol. The summed E-state index contributed by atoms with van der Waals surface area (Å²) in [4.78, 5) is 3.80. The highest BCUT2D eigenvalue weighted by molar-refractivity contribution is 7.89. The van der Waals surface area contributed by atoms with Gasteiger partial charge in [-0.25, -0.2) is 18.1 Å². The zero-order valence-electron chi connectivity index (χ0n) is 11.7.